The molecule has 0 fully saturated rings. The Morgan fingerprint density at radius 3 is 1.88 bits per heavy atom. The molecule has 0 aromatic heterocycles. The van der Waals surface area contributed by atoms with Crippen LogP contribution in [0.4, 0.5) is 0 Å². The lowest BCUT2D eigenvalue weighted by Gasteiger charge is -2.27. The first-order valence-electron chi connectivity index (χ1n) is 4.68. The fourth-order valence-electron chi connectivity index (χ4n) is 1.04. The van der Waals surface area contributed by atoms with Crippen molar-refractivity contribution in [1.29, 1.82) is 0 Å². The van der Waals surface area contributed by atoms with Crippen LogP contribution in [0.25, 0.3) is 0 Å². The maximum atomic E-state index is 10.8. The average Bonchev–Trinajstić information content (AvgIpc) is 2.24. The van der Waals surface area contributed by atoms with Crippen LogP contribution in [0, 0.1) is 0 Å². The van der Waals surface area contributed by atoms with Crippen LogP contribution in [0.1, 0.15) is 0 Å². The molecule has 0 aliphatic carbocycles. The van der Waals surface area contributed by atoms with Gasteiger partial charge in [0, 0.05) is 13.6 Å². The van der Waals surface area contributed by atoms with Gasteiger partial charge in [0.25, 0.3) is 10.2 Å². The molecule has 0 aromatic rings. The van der Waals surface area contributed by atoms with E-state index in [0.29, 0.717) is 4.31 Å². The smallest absolute Gasteiger partial charge is 0.276 e. The Morgan fingerprint density at radius 1 is 1.12 bits per heavy atom. The molecule has 0 bridgehead atoms. The van der Waals surface area contributed by atoms with Gasteiger partial charge in [0.1, 0.15) is 18.3 Å². The lowest BCUT2D eigenvalue weighted by molar-refractivity contribution is -0.116. The number of rotatable bonds is 7. The quantitative estimate of drug-likeness (QED) is 0.272. The molecule has 0 heterocycles. The Kier molecular flexibility index (Phi) is 6.43. The molecule has 17 heavy (non-hydrogen) atoms. The number of nitrogens with zero attached hydrogens (tertiary/aromatic N) is 1. The molecule has 0 radical (unpaired) electrons. The van der Waals surface area contributed by atoms with Crippen LogP contribution >= 0.6 is 0 Å². The number of likely N-dealkylation sites (N-methyl/N-ethyl adjacent to an activating group) is 1. The monoisotopic (exact) mass is 274 g/mol. The maximum Gasteiger partial charge on any atom is 0.276 e. The molecule has 7 N–H and O–H groups in total. The normalized spacial score (nSPS) is 20.0. The van der Waals surface area contributed by atoms with Crippen molar-refractivity contribution in [3.8, 4) is 0 Å². The van der Waals surface area contributed by atoms with Crippen LogP contribution in [0.15, 0.2) is 0 Å². The van der Waals surface area contributed by atoms with Gasteiger partial charge < -0.3 is 25.5 Å². The summed E-state index contributed by atoms with van der Waals surface area (Å²) in [5.74, 6) is 0. The highest BCUT2D eigenvalue weighted by atomic mass is 32.2. The van der Waals surface area contributed by atoms with Gasteiger partial charge in [-0.3, -0.25) is 0 Å². The van der Waals surface area contributed by atoms with E-state index in [1.54, 1.807) is 0 Å². The zero-order chi connectivity index (χ0) is 13.8. The van der Waals surface area contributed by atoms with E-state index in [1.165, 1.54) is 0 Å². The van der Waals surface area contributed by atoms with E-state index >= 15 is 0 Å². The van der Waals surface area contributed by atoms with Crippen LogP contribution in [0.3, 0.4) is 0 Å². The molecule has 0 aromatic carbocycles. The molecule has 4 unspecified atom stereocenters. The van der Waals surface area contributed by atoms with Crippen molar-refractivity contribution < 1.29 is 34.0 Å². The first-order chi connectivity index (χ1) is 7.61. The number of nitrogens with two attached hydrogens (primary N) is 1. The molecular formula is C7H18N2O7S. The van der Waals surface area contributed by atoms with Gasteiger partial charge in [0.05, 0.1) is 12.7 Å². The lowest BCUT2D eigenvalue weighted by Crippen LogP contribution is -2.50. The highest BCUT2D eigenvalue weighted by Gasteiger charge is 2.31. The van der Waals surface area contributed by atoms with E-state index in [9.17, 15) is 23.7 Å². The maximum absolute atomic E-state index is 10.8. The summed E-state index contributed by atoms with van der Waals surface area (Å²) in [5, 5.41) is 50.3. The Bertz CT molecular complexity index is 322. The van der Waals surface area contributed by atoms with Crippen molar-refractivity contribution in [2.75, 3.05) is 20.2 Å². The van der Waals surface area contributed by atoms with Crippen LogP contribution in [-0.4, -0.2) is 82.9 Å². The Balaban J connectivity index is 4.46. The zero-order valence-electron chi connectivity index (χ0n) is 9.21. The van der Waals surface area contributed by atoms with Gasteiger partial charge in [-0.2, -0.15) is 12.7 Å². The third-order valence-corrected chi connectivity index (χ3v) is 3.22. The fraction of sp³-hybridized carbons (Fsp3) is 1.00. The molecule has 0 saturated carbocycles. The molecular weight excluding hydrogens is 256 g/mol. The number of aliphatic hydroxyl groups is 5. The standard InChI is InChI=1S/C7H18N2O7S/c1-9(17(8,15)16)2-4(11)6(13)7(14)5(12)3-10/h4-7,10-14H,2-3H2,1H3,(H2,8,15,16). The molecule has 4 atom stereocenters. The van der Waals surface area contributed by atoms with E-state index in [4.69, 9.17) is 15.4 Å². The molecule has 0 aliphatic heterocycles. The van der Waals surface area contributed by atoms with E-state index in [1.807, 2.05) is 0 Å². The van der Waals surface area contributed by atoms with Crippen molar-refractivity contribution in [2.45, 2.75) is 24.4 Å². The van der Waals surface area contributed by atoms with E-state index < -0.39 is 47.8 Å². The second-order valence-electron chi connectivity index (χ2n) is 3.62. The highest BCUT2D eigenvalue weighted by molar-refractivity contribution is 7.86. The van der Waals surface area contributed by atoms with Crippen molar-refractivity contribution in [3.05, 3.63) is 0 Å². The predicted molar refractivity (Wildman–Crippen MR) is 56.9 cm³/mol. The largest absolute Gasteiger partial charge is 0.394 e. The topological polar surface area (TPSA) is 165 Å². The first-order valence-corrected chi connectivity index (χ1v) is 6.18. The van der Waals surface area contributed by atoms with E-state index in [-0.39, 0.29) is 0 Å². The zero-order valence-corrected chi connectivity index (χ0v) is 10.0. The summed E-state index contributed by atoms with van der Waals surface area (Å²) in [6.07, 6.45) is -6.92. The minimum Gasteiger partial charge on any atom is -0.394 e. The molecule has 0 spiro atoms. The second kappa shape index (κ2) is 6.56. The molecule has 104 valence electrons. The van der Waals surface area contributed by atoms with Gasteiger partial charge >= 0.3 is 0 Å². The van der Waals surface area contributed by atoms with Gasteiger partial charge in [-0.15, -0.1) is 0 Å². The molecule has 0 aliphatic rings. The van der Waals surface area contributed by atoms with Crippen LogP contribution in [0.5, 0.6) is 0 Å². The van der Waals surface area contributed by atoms with Crippen LogP contribution in [0.2, 0.25) is 0 Å². The van der Waals surface area contributed by atoms with Crippen molar-refractivity contribution in [1.82, 2.24) is 4.31 Å². The second-order valence-corrected chi connectivity index (χ2v) is 5.28. The summed E-state index contributed by atoms with van der Waals surface area (Å²) in [4.78, 5) is 0. The summed E-state index contributed by atoms with van der Waals surface area (Å²) in [7, 11) is -2.94. The van der Waals surface area contributed by atoms with E-state index in [2.05, 4.69) is 0 Å². The summed E-state index contributed by atoms with van der Waals surface area (Å²) < 4.78 is 22.2. The van der Waals surface area contributed by atoms with Crippen molar-refractivity contribution >= 4 is 10.2 Å². The third-order valence-electron chi connectivity index (χ3n) is 2.20. The number of hydrogen-bond donors (Lipinski definition) is 6. The molecule has 10 heteroatoms. The van der Waals surface area contributed by atoms with Gasteiger partial charge in [0.2, 0.25) is 0 Å². The van der Waals surface area contributed by atoms with Crippen molar-refractivity contribution in [2.24, 2.45) is 5.14 Å². The summed E-state index contributed by atoms with van der Waals surface area (Å²) >= 11 is 0. The minimum absolute atomic E-state index is 0.560. The summed E-state index contributed by atoms with van der Waals surface area (Å²) in [5.41, 5.74) is 0. The Hall–Kier alpha value is -0.330. The fourth-order valence-corrected chi connectivity index (χ4v) is 1.40. The molecule has 0 rings (SSSR count). The molecule has 0 saturated heterocycles. The first kappa shape index (κ1) is 16.7. The predicted octanol–water partition coefficient (Wildman–Crippen LogP) is -4.44. The highest BCUT2D eigenvalue weighted by Crippen LogP contribution is 2.07. The number of hydrogen-bond acceptors (Lipinski definition) is 7. The molecule has 0 amide bonds. The minimum atomic E-state index is -4.01. The van der Waals surface area contributed by atoms with Crippen LogP contribution < -0.4 is 5.14 Å². The van der Waals surface area contributed by atoms with Gasteiger partial charge in [-0.1, -0.05) is 0 Å². The summed E-state index contributed by atoms with van der Waals surface area (Å²) in [6.45, 7) is -1.37. The Labute approximate surface area is 98.9 Å². The van der Waals surface area contributed by atoms with Gasteiger partial charge in [-0.25, -0.2) is 5.14 Å². The lowest BCUT2D eigenvalue weighted by atomic mass is 10.0. The van der Waals surface area contributed by atoms with Gasteiger partial charge in [0.15, 0.2) is 0 Å². The Morgan fingerprint density at radius 2 is 1.53 bits per heavy atom. The van der Waals surface area contributed by atoms with Crippen molar-refractivity contribution in [3.63, 3.8) is 0 Å². The van der Waals surface area contributed by atoms with E-state index in [0.717, 1.165) is 7.05 Å². The van der Waals surface area contributed by atoms with Gasteiger partial charge in [-0.05, 0) is 0 Å². The molecule has 9 nitrogen and oxygen atoms in total. The average molecular weight is 274 g/mol. The van der Waals surface area contributed by atoms with Crippen LogP contribution in [-0.2, 0) is 10.2 Å². The number of aliphatic hydroxyl groups excluding tert-OH is 5. The SMILES string of the molecule is CN(CC(O)C(O)C(O)C(O)CO)S(N)(=O)=O. The summed E-state index contributed by atoms with van der Waals surface area (Å²) in [6, 6.07) is 0. The third kappa shape index (κ3) is 5.23.